The topological polar surface area (TPSA) is 98.5 Å². The van der Waals surface area contributed by atoms with Crippen molar-refractivity contribution in [1.29, 1.82) is 0 Å². The van der Waals surface area contributed by atoms with Crippen LogP contribution in [0.15, 0.2) is 59.5 Å². The van der Waals surface area contributed by atoms with Gasteiger partial charge in [-0.05, 0) is 45.4 Å². The summed E-state index contributed by atoms with van der Waals surface area (Å²) in [6.45, 7) is 7.20. The zero-order valence-electron chi connectivity index (χ0n) is 17.2. The molecule has 7 heteroatoms. The van der Waals surface area contributed by atoms with E-state index in [1.54, 1.807) is 51.1 Å². The highest BCUT2D eigenvalue weighted by Gasteiger charge is 2.71. The molecule has 6 nitrogen and oxygen atoms in total. The molecule has 0 heterocycles. The van der Waals surface area contributed by atoms with Gasteiger partial charge in [-0.25, -0.2) is 13.2 Å². The van der Waals surface area contributed by atoms with Crippen LogP contribution >= 0.6 is 0 Å². The minimum Gasteiger partial charge on any atom is -0.444 e. The average Bonchev–Trinajstić information content (AvgIpc) is 3.31. The van der Waals surface area contributed by atoms with Gasteiger partial charge in [0.05, 0.1) is 10.4 Å². The molecular formula is C22H28N2O4S. The standard InChI is InChI=1S/C22H28N2O4S/c1-15-10-12-16(13-11-15)18-19(29(26,27)17-8-6-5-7-9-17)22(18,14-23)24-20(25)28-21(2,3)4/h5-13,18-19H,14,23H2,1-4H3,(H,24,25)/t18-,19+,22-/m0/s1. The fourth-order valence-electron chi connectivity index (χ4n) is 3.80. The van der Waals surface area contributed by atoms with E-state index in [-0.39, 0.29) is 11.4 Å². The van der Waals surface area contributed by atoms with Gasteiger partial charge in [-0.3, -0.25) is 0 Å². The van der Waals surface area contributed by atoms with E-state index >= 15 is 0 Å². The molecule has 0 aliphatic heterocycles. The maximum absolute atomic E-state index is 13.4. The van der Waals surface area contributed by atoms with Gasteiger partial charge in [-0.2, -0.15) is 0 Å². The van der Waals surface area contributed by atoms with Crippen LogP contribution < -0.4 is 11.1 Å². The molecule has 0 radical (unpaired) electrons. The number of amides is 1. The molecule has 1 aliphatic rings. The number of ether oxygens (including phenoxy) is 1. The Kier molecular flexibility index (Phi) is 5.49. The van der Waals surface area contributed by atoms with Gasteiger partial charge < -0.3 is 15.8 Å². The van der Waals surface area contributed by atoms with Crippen molar-refractivity contribution in [2.45, 2.75) is 54.9 Å². The van der Waals surface area contributed by atoms with Gasteiger partial charge in [0.2, 0.25) is 0 Å². The molecule has 1 aliphatic carbocycles. The Bertz CT molecular complexity index is 982. The summed E-state index contributed by atoms with van der Waals surface area (Å²) in [7, 11) is -3.73. The number of nitrogens with two attached hydrogens (primary N) is 1. The first-order valence-electron chi connectivity index (χ1n) is 9.58. The predicted molar refractivity (Wildman–Crippen MR) is 112 cm³/mol. The molecule has 0 bridgehead atoms. The van der Waals surface area contributed by atoms with Crippen LogP contribution in [0.2, 0.25) is 0 Å². The lowest BCUT2D eigenvalue weighted by molar-refractivity contribution is 0.0497. The lowest BCUT2D eigenvalue weighted by Crippen LogP contribution is -2.49. The van der Waals surface area contributed by atoms with Crippen molar-refractivity contribution in [1.82, 2.24) is 5.32 Å². The summed E-state index contributed by atoms with van der Waals surface area (Å²) in [5.74, 6) is -0.467. The molecule has 0 unspecified atom stereocenters. The van der Waals surface area contributed by atoms with E-state index < -0.39 is 38.2 Å². The molecule has 1 saturated carbocycles. The highest BCUT2D eigenvalue weighted by atomic mass is 32.2. The van der Waals surface area contributed by atoms with Crippen LogP contribution in [0.1, 0.15) is 37.8 Å². The molecule has 2 aromatic carbocycles. The zero-order valence-corrected chi connectivity index (χ0v) is 18.0. The van der Waals surface area contributed by atoms with E-state index in [9.17, 15) is 13.2 Å². The molecule has 3 N–H and O–H groups in total. The van der Waals surface area contributed by atoms with Crippen molar-refractivity contribution in [2.75, 3.05) is 6.54 Å². The first-order valence-corrected chi connectivity index (χ1v) is 11.1. The number of carbonyl (C=O) groups excluding carboxylic acids is 1. The van der Waals surface area contributed by atoms with Crippen molar-refractivity contribution in [3.8, 4) is 0 Å². The van der Waals surface area contributed by atoms with Gasteiger partial charge in [0.25, 0.3) is 0 Å². The fourth-order valence-corrected chi connectivity index (χ4v) is 6.17. The first kappa shape index (κ1) is 21.3. The molecule has 1 amide bonds. The molecule has 29 heavy (non-hydrogen) atoms. The Morgan fingerprint density at radius 1 is 1.10 bits per heavy atom. The third-order valence-electron chi connectivity index (χ3n) is 5.17. The number of benzene rings is 2. The van der Waals surface area contributed by atoms with Gasteiger partial charge in [0.1, 0.15) is 10.9 Å². The molecule has 3 atom stereocenters. The Morgan fingerprint density at radius 2 is 1.69 bits per heavy atom. The second kappa shape index (κ2) is 7.46. The Balaban J connectivity index is 2.03. The number of rotatable bonds is 5. The largest absolute Gasteiger partial charge is 0.444 e. The fraction of sp³-hybridized carbons (Fsp3) is 0.409. The molecule has 2 aromatic rings. The molecule has 156 valence electrons. The number of carbonyl (C=O) groups is 1. The number of alkyl carbamates (subject to hydrolysis) is 1. The van der Waals surface area contributed by atoms with Gasteiger partial charge in [-0.15, -0.1) is 0 Å². The number of sulfone groups is 1. The number of nitrogens with one attached hydrogen (secondary N) is 1. The van der Waals surface area contributed by atoms with Crippen molar-refractivity contribution in [2.24, 2.45) is 5.73 Å². The smallest absolute Gasteiger partial charge is 0.408 e. The van der Waals surface area contributed by atoms with Gasteiger partial charge in [0.15, 0.2) is 9.84 Å². The summed E-state index contributed by atoms with van der Waals surface area (Å²) < 4.78 is 32.3. The van der Waals surface area contributed by atoms with Crippen LogP contribution in [-0.2, 0) is 14.6 Å². The van der Waals surface area contributed by atoms with Crippen LogP contribution in [0.5, 0.6) is 0 Å². The van der Waals surface area contributed by atoms with Gasteiger partial charge in [-0.1, -0.05) is 48.0 Å². The highest BCUT2D eigenvalue weighted by molar-refractivity contribution is 7.92. The second-order valence-electron chi connectivity index (χ2n) is 8.54. The minimum atomic E-state index is -3.73. The van der Waals surface area contributed by atoms with E-state index in [1.807, 2.05) is 31.2 Å². The normalized spacial score (nSPS) is 24.0. The molecule has 1 fully saturated rings. The quantitative estimate of drug-likeness (QED) is 0.780. The monoisotopic (exact) mass is 416 g/mol. The zero-order chi connectivity index (χ0) is 21.4. The highest BCUT2D eigenvalue weighted by Crippen LogP contribution is 2.56. The first-order chi connectivity index (χ1) is 13.5. The number of aryl methyl sites for hydroxylation is 1. The number of hydrogen-bond donors (Lipinski definition) is 2. The summed E-state index contributed by atoms with van der Waals surface area (Å²) in [6, 6.07) is 15.9. The van der Waals surface area contributed by atoms with E-state index in [4.69, 9.17) is 10.5 Å². The van der Waals surface area contributed by atoms with E-state index in [2.05, 4.69) is 5.32 Å². The van der Waals surface area contributed by atoms with E-state index in [0.29, 0.717) is 0 Å². The molecule has 0 spiro atoms. The SMILES string of the molecule is Cc1ccc([C@H]2[C@@H](S(=O)(=O)c3ccccc3)[C@@]2(CN)NC(=O)OC(C)(C)C)cc1. The minimum absolute atomic E-state index is 0.0263. The predicted octanol–water partition coefficient (Wildman–Crippen LogP) is 3.16. The van der Waals surface area contributed by atoms with Crippen molar-refractivity contribution in [3.05, 3.63) is 65.7 Å². The Hall–Kier alpha value is -2.38. The molecular weight excluding hydrogens is 388 g/mol. The summed E-state index contributed by atoms with van der Waals surface area (Å²) in [5.41, 5.74) is 6.12. The van der Waals surface area contributed by atoms with Crippen molar-refractivity contribution >= 4 is 15.9 Å². The van der Waals surface area contributed by atoms with Crippen LogP contribution in [-0.4, -0.2) is 37.4 Å². The lowest BCUT2D eigenvalue weighted by Gasteiger charge is -2.24. The van der Waals surface area contributed by atoms with E-state index in [0.717, 1.165) is 11.1 Å². The van der Waals surface area contributed by atoms with Crippen molar-refractivity contribution < 1.29 is 17.9 Å². The van der Waals surface area contributed by atoms with Crippen LogP contribution in [0.3, 0.4) is 0 Å². The van der Waals surface area contributed by atoms with Crippen LogP contribution in [0, 0.1) is 6.92 Å². The Morgan fingerprint density at radius 3 is 2.21 bits per heavy atom. The maximum atomic E-state index is 13.4. The number of hydrogen-bond acceptors (Lipinski definition) is 5. The summed E-state index contributed by atoms with van der Waals surface area (Å²) in [6.07, 6.45) is -0.675. The van der Waals surface area contributed by atoms with Gasteiger partial charge >= 0.3 is 6.09 Å². The summed E-state index contributed by atoms with van der Waals surface area (Å²) in [4.78, 5) is 12.7. The third kappa shape index (κ3) is 4.16. The maximum Gasteiger partial charge on any atom is 0.408 e. The van der Waals surface area contributed by atoms with Crippen LogP contribution in [0.4, 0.5) is 4.79 Å². The average molecular weight is 417 g/mol. The molecule has 0 aromatic heterocycles. The van der Waals surface area contributed by atoms with Crippen molar-refractivity contribution in [3.63, 3.8) is 0 Å². The second-order valence-corrected chi connectivity index (χ2v) is 10.6. The Labute approximate surface area is 172 Å². The van der Waals surface area contributed by atoms with Gasteiger partial charge in [0, 0.05) is 12.5 Å². The third-order valence-corrected chi connectivity index (χ3v) is 7.46. The summed E-state index contributed by atoms with van der Waals surface area (Å²) >= 11 is 0. The van der Waals surface area contributed by atoms with E-state index in [1.165, 1.54) is 0 Å². The molecule has 3 rings (SSSR count). The van der Waals surface area contributed by atoms with Crippen LogP contribution in [0.25, 0.3) is 0 Å². The summed E-state index contributed by atoms with van der Waals surface area (Å²) in [5, 5.41) is 1.92. The molecule has 0 saturated heterocycles. The lowest BCUT2D eigenvalue weighted by atomic mass is 10.0.